The Bertz CT molecular complexity index is 751. The zero-order valence-corrected chi connectivity index (χ0v) is 16.1. The van der Waals surface area contributed by atoms with Crippen LogP contribution < -0.4 is 9.80 Å². The molecule has 27 heavy (non-hydrogen) atoms. The van der Waals surface area contributed by atoms with Gasteiger partial charge in [-0.2, -0.15) is 11.8 Å². The fourth-order valence-corrected chi connectivity index (χ4v) is 4.35. The molecule has 0 atom stereocenters. The van der Waals surface area contributed by atoms with Crippen LogP contribution in [0.4, 0.5) is 11.8 Å². The molecular weight excluding hydrogens is 360 g/mol. The standard InChI is InChI=1S/C19H24N6OS/c26-18(16-3-4-17(22-15-16)23-11-13-27-14-12-23)24-7-2-8-25(10-9-24)19-20-5-1-6-21-19/h1,3-6,15H,2,7-14H2. The van der Waals surface area contributed by atoms with Crippen LogP contribution in [0.1, 0.15) is 16.8 Å². The number of hydrogen-bond donors (Lipinski definition) is 0. The molecule has 7 nitrogen and oxygen atoms in total. The smallest absolute Gasteiger partial charge is 0.255 e. The number of carbonyl (C=O) groups excluding carboxylic acids is 1. The van der Waals surface area contributed by atoms with Gasteiger partial charge in [-0.1, -0.05) is 0 Å². The summed E-state index contributed by atoms with van der Waals surface area (Å²) in [7, 11) is 0. The SMILES string of the molecule is O=C(c1ccc(N2CCSCC2)nc1)N1CCCN(c2ncccn2)CC1. The van der Waals surface area contributed by atoms with Crippen molar-refractivity contribution >= 4 is 29.4 Å². The largest absolute Gasteiger partial charge is 0.355 e. The zero-order valence-electron chi connectivity index (χ0n) is 15.3. The number of pyridine rings is 1. The maximum atomic E-state index is 12.9. The highest BCUT2D eigenvalue weighted by atomic mass is 32.2. The number of carbonyl (C=O) groups is 1. The van der Waals surface area contributed by atoms with E-state index in [1.807, 2.05) is 34.9 Å². The Balaban J connectivity index is 1.39. The average Bonchev–Trinajstić information content (AvgIpc) is 3.01. The fourth-order valence-electron chi connectivity index (χ4n) is 3.45. The highest BCUT2D eigenvalue weighted by Gasteiger charge is 2.22. The molecule has 0 bridgehead atoms. The second-order valence-electron chi connectivity index (χ2n) is 6.69. The molecule has 2 aromatic heterocycles. The van der Waals surface area contributed by atoms with Crippen molar-refractivity contribution in [2.45, 2.75) is 6.42 Å². The van der Waals surface area contributed by atoms with Gasteiger partial charge < -0.3 is 14.7 Å². The van der Waals surface area contributed by atoms with Crippen molar-refractivity contribution in [1.82, 2.24) is 19.9 Å². The molecule has 0 saturated carbocycles. The van der Waals surface area contributed by atoms with Crippen LogP contribution in [0.15, 0.2) is 36.8 Å². The summed E-state index contributed by atoms with van der Waals surface area (Å²) < 4.78 is 0. The Labute approximate surface area is 163 Å². The van der Waals surface area contributed by atoms with E-state index < -0.39 is 0 Å². The topological polar surface area (TPSA) is 65.5 Å². The zero-order chi connectivity index (χ0) is 18.5. The highest BCUT2D eigenvalue weighted by Crippen LogP contribution is 2.18. The minimum Gasteiger partial charge on any atom is -0.355 e. The van der Waals surface area contributed by atoms with Gasteiger partial charge in [0.2, 0.25) is 5.95 Å². The molecule has 142 valence electrons. The first-order chi connectivity index (χ1) is 13.3. The quantitative estimate of drug-likeness (QED) is 0.799. The van der Waals surface area contributed by atoms with E-state index in [1.165, 1.54) is 0 Å². The Morgan fingerprint density at radius 2 is 1.70 bits per heavy atom. The summed E-state index contributed by atoms with van der Waals surface area (Å²) in [5.41, 5.74) is 0.662. The number of anilines is 2. The van der Waals surface area contributed by atoms with Crippen LogP contribution >= 0.6 is 11.8 Å². The van der Waals surface area contributed by atoms with Gasteiger partial charge in [0.25, 0.3) is 5.91 Å². The summed E-state index contributed by atoms with van der Waals surface area (Å²) in [4.78, 5) is 32.4. The van der Waals surface area contributed by atoms with Crippen LogP contribution in [0.2, 0.25) is 0 Å². The van der Waals surface area contributed by atoms with Gasteiger partial charge in [-0.05, 0) is 24.6 Å². The molecule has 2 aliphatic heterocycles. The van der Waals surface area contributed by atoms with E-state index in [0.29, 0.717) is 12.1 Å². The van der Waals surface area contributed by atoms with Gasteiger partial charge in [-0.3, -0.25) is 4.79 Å². The second-order valence-corrected chi connectivity index (χ2v) is 7.91. The van der Waals surface area contributed by atoms with Crippen LogP contribution in [0.5, 0.6) is 0 Å². The maximum Gasteiger partial charge on any atom is 0.255 e. The van der Waals surface area contributed by atoms with Crippen molar-refractivity contribution in [3.8, 4) is 0 Å². The number of aromatic nitrogens is 3. The van der Waals surface area contributed by atoms with Crippen LogP contribution in [0, 0.1) is 0 Å². The van der Waals surface area contributed by atoms with Gasteiger partial charge >= 0.3 is 0 Å². The highest BCUT2D eigenvalue weighted by molar-refractivity contribution is 7.99. The van der Waals surface area contributed by atoms with Gasteiger partial charge in [0.15, 0.2) is 0 Å². The Morgan fingerprint density at radius 3 is 2.44 bits per heavy atom. The molecule has 2 saturated heterocycles. The molecule has 2 aromatic rings. The van der Waals surface area contributed by atoms with Crippen molar-refractivity contribution in [2.24, 2.45) is 0 Å². The number of nitrogens with zero attached hydrogens (tertiary/aromatic N) is 6. The first-order valence-corrected chi connectivity index (χ1v) is 10.6. The number of hydrogen-bond acceptors (Lipinski definition) is 7. The number of amides is 1. The molecule has 0 N–H and O–H groups in total. The van der Waals surface area contributed by atoms with Crippen molar-refractivity contribution in [3.05, 3.63) is 42.4 Å². The van der Waals surface area contributed by atoms with E-state index in [2.05, 4.69) is 24.8 Å². The minimum absolute atomic E-state index is 0.0547. The van der Waals surface area contributed by atoms with Gasteiger partial charge in [-0.15, -0.1) is 0 Å². The summed E-state index contributed by atoms with van der Waals surface area (Å²) >= 11 is 1.98. The molecule has 1 amide bonds. The predicted octanol–water partition coefficient (Wildman–Crippen LogP) is 1.78. The molecule has 2 fully saturated rings. The molecule has 4 rings (SSSR count). The van der Waals surface area contributed by atoms with E-state index in [0.717, 1.165) is 62.4 Å². The third kappa shape index (κ3) is 4.32. The Hall–Kier alpha value is -2.35. The number of thioether (sulfide) groups is 1. The lowest BCUT2D eigenvalue weighted by molar-refractivity contribution is 0.0766. The Morgan fingerprint density at radius 1 is 0.889 bits per heavy atom. The van der Waals surface area contributed by atoms with E-state index in [-0.39, 0.29) is 5.91 Å². The van der Waals surface area contributed by atoms with Crippen LogP contribution in [0.25, 0.3) is 0 Å². The third-order valence-electron chi connectivity index (χ3n) is 4.95. The number of rotatable bonds is 3. The van der Waals surface area contributed by atoms with Crippen molar-refractivity contribution < 1.29 is 4.79 Å². The normalized spacial score (nSPS) is 18.3. The van der Waals surface area contributed by atoms with Crippen LogP contribution in [-0.4, -0.2) is 76.5 Å². The third-order valence-corrected chi connectivity index (χ3v) is 5.89. The molecule has 0 unspecified atom stereocenters. The lowest BCUT2D eigenvalue weighted by Gasteiger charge is -2.27. The van der Waals surface area contributed by atoms with Gasteiger partial charge in [0.05, 0.1) is 5.56 Å². The van der Waals surface area contributed by atoms with Gasteiger partial charge in [0.1, 0.15) is 5.82 Å². The second kappa shape index (κ2) is 8.56. The van der Waals surface area contributed by atoms with Crippen molar-refractivity contribution in [3.63, 3.8) is 0 Å². The van der Waals surface area contributed by atoms with Crippen LogP contribution in [-0.2, 0) is 0 Å². The monoisotopic (exact) mass is 384 g/mol. The fraction of sp³-hybridized carbons (Fsp3) is 0.474. The summed E-state index contributed by atoms with van der Waals surface area (Å²) in [6.45, 7) is 5.06. The molecule has 2 aliphatic rings. The summed E-state index contributed by atoms with van der Waals surface area (Å²) in [5.74, 6) is 4.03. The molecular formula is C19H24N6OS. The van der Waals surface area contributed by atoms with E-state index in [1.54, 1.807) is 18.6 Å². The molecule has 8 heteroatoms. The van der Waals surface area contributed by atoms with E-state index in [9.17, 15) is 4.79 Å². The van der Waals surface area contributed by atoms with Crippen molar-refractivity contribution in [1.29, 1.82) is 0 Å². The molecule has 0 aromatic carbocycles. The minimum atomic E-state index is 0.0547. The molecule has 0 spiro atoms. The molecule has 0 radical (unpaired) electrons. The molecule has 0 aliphatic carbocycles. The predicted molar refractivity (Wildman–Crippen MR) is 109 cm³/mol. The molecule has 4 heterocycles. The maximum absolute atomic E-state index is 12.9. The van der Waals surface area contributed by atoms with Crippen LogP contribution in [0.3, 0.4) is 0 Å². The van der Waals surface area contributed by atoms with E-state index in [4.69, 9.17) is 0 Å². The summed E-state index contributed by atoms with van der Waals surface area (Å²) in [6.07, 6.45) is 6.14. The summed E-state index contributed by atoms with van der Waals surface area (Å²) in [5, 5.41) is 0. The van der Waals surface area contributed by atoms with E-state index >= 15 is 0 Å². The van der Waals surface area contributed by atoms with Gasteiger partial charge in [-0.25, -0.2) is 15.0 Å². The lowest BCUT2D eigenvalue weighted by Crippen LogP contribution is -2.36. The van der Waals surface area contributed by atoms with Gasteiger partial charge in [0, 0.05) is 69.4 Å². The first-order valence-electron chi connectivity index (χ1n) is 9.41. The average molecular weight is 385 g/mol. The Kier molecular flexibility index (Phi) is 5.72. The lowest BCUT2D eigenvalue weighted by atomic mass is 10.2. The summed E-state index contributed by atoms with van der Waals surface area (Å²) in [6, 6.07) is 5.71. The first kappa shape index (κ1) is 18.0. The van der Waals surface area contributed by atoms with Crippen molar-refractivity contribution in [2.75, 3.05) is 60.6 Å².